The lowest BCUT2D eigenvalue weighted by molar-refractivity contribution is 0.385. The average Bonchev–Trinajstić information content (AvgIpc) is 3.88. The van der Waals surface area contributed by atoms with Crippen LogP contribution in [0.1, 0.15) is 108 Å². The monoisotopic (exact) mass is 732 g/mol. The molecule has 2 saturated carbocycles. The van der Waals surface area contributed by atoms with E-state index in [0.29, 0.717) is 17.6 Å². The summed E-state index contributed by atoms with van der Waals surface area (Å²) in [5.74, 6) is 2.28. The molecule has 0 N–H and O–H groups in total. The molecule has 2 aliphatic rings. The van der Waals surface area contributed by atoms with E-state index in [4.69, 9.17) is 24.7 Å². The molecule has 2 aliphatic carbocycles. The largest absolute Gasteiger partial charge is 0.493 e. The van der Waals surface area contributed by atoms with Crippen molar-refractivity contribution in [1.82, 2.24) is 57.9 Å². The molecule has 15 heteroatoms. The predicted molar refractivity (Wildman–Crippen MR) is 198 cm³/mol. The highest BCUT2D eigenvalue weighted by Crippen LogP contribution is 2.55. The van der Waals surface area contributed by atoms with Crippen LogP contribution in [-0.4, -0.2) is 65.0 Å². The van der Waals surface area contributed by atoms with Crippen LogP contribution in [0.3, 0.4) is 0 Å². The number of imidazole rings is 2. The fourth-order valence-corrected chi connectivity index (χ4v) is 7.33. The number of pyridine rings is 2. The number of methoxy groups -OCH3 is 1. The fraction of sp³-hybridized carbons (Fsp3) is 0.385. The van der Waals surface area contributed by atoms with Gasteiger partial charge in [0.15, 0.2) is 34.5 Å². The molecule has 0 aromatic carbocycles. The van der Waals surface area contributed by atoms with Gasteiger partial charge in [0.05, 0.1) is 47.5 Å². The second kappa shape index (κ2) is 12.9. The number of hydrogen-bond donors (Lipinski definition) is 0. The van der Waals surface area contributed by atoms with Crippen molar-refractivity contribution in [2.24, 2.45) is 0 Å². The minimum atomic E-state index is -0.398. The van der Waals surface area contributed by atoms with E-state index in [1.807, 2.05) is 69.0 Å². The standard InChI is InChI=1S/C19H19FN6O.C19H19FN6.CH4/c1-9-7-21-10(2)19-23-18(24-26(9)19)13-5-12(13)17-11(3)25-8-14(20)15(27-4)6-16(25)22-17;1-4-12-5-17-22-16(9-25(17)8-15(12)20)13-6-14(13)18-23-19-11(3)21-7-10(2)26(19)24-18;/h6-8,12-13H,5H2,1-4H3;5,7-9,13-14H,4,6H2,1-3H3;1H4. The third kappa shape index (κ3) is 5.73. The summed E-state index contributed by atoms with van der Waals surface area (Å²) in [5.41, 5.74) is 10.3. The maximum atomic E-state index is 14.1. The van der Waals surface area contributed by atoms with Gasteiger partial charge in [0.25, 0.3) is 0 Å². The lowest BCUT2D eigenvalue weighted by Crippen LogP contribution is -1.97. The summed E-state index contributed by atoms with van der Waals surface area (Å²) in [6.07, 6.45) is 11.1. The predicted octanol–water partition coefficient (Wildman–Crippen LogP) is 7.11. The lowest BCUT2D eigenvalue weighted by atomic mass is 10.2. The fourth-order valence-electron chi connectivity index (χ4n) is 7.33. The molecule has 278 valence electrons. The molecule has 0 spiro atoms. The Balaban J connectivity index is 0.000000150. The maximum Gasteiger partial charge on any atom is 0.181 e. The quantitative estimate of drug-likeness (QED) is 0.176. The highest BCUT2D eigenvalue weighted by atomic mass is 19.1. The zero-order chi connectivity index (χ0) is 36.9. The molecular weight excluding hydrogens is 691 g/mol. The number of fused-ring (bicyclic) bond motifs is 4. The van der Waals surface area contributed by atoms with E-state index >= 15 is 0 Å². The lowest BCUT2D eigenvalue weighted by Gasteiger charge is -2.03. The van der Waals surface area contributed by atoms with Gasteiger partial charge in [-0.05, 0) is 65.5 Å². The smallest absolute Gasteiger partial charge is 0.181 e. The van der Waals surface area contributed by atoms with Crippen LogP contribution in [-0.2, 0) is 6.42 Å². The number of aryl methyl sites for hydroxylation is 6. The van der Waals surface area contributed by atoms with Crippen LogP contribution >= 0.6 is 0 Å². The maximum absolute atomic E-state index is 14.1. The van der Waals surface area contributed by atoms with Gasteiger partial charge in [-0.3, -0.25) is 9.97 Å². The molecule has 2 fully saturated rings. The van der Waals surface area contributed by atoms with Gasteiger partial charge in [-0.25, -0.2) is 37.7 Å². The van der Waals surface area contributed by atoms with Crippen molar-refractivity contribution >= 4 is 22.6 Å². The molecular formula is C39H42F2N12O. The summed E-state index contributed by atoms with van der Waals surface area (Å²) in [5, 5.41) is 9.36. The van der Waals surface area contributed by atoms with Gasteiger partial charge >= 0.3 is 0 Å². The highest BCUT2D eigenvalue weighted by Gasteiger charge is 2.46. The van der Waals surface area contributed by atoms with E-state index in [1.165, 1.54) is 19.5 Å². The third-order valence-corrected chi connectivity index (χ3v) is 10.6. The first-order valence-electron chi connectivity index (χ1n) is 17.8. The molecule has 0 amide bonds. The van der Waals surface area contributed by atoms with Crippen LogP contribution in [0.4, 0.5) is 8.78 Å². The topological polar surface area (TPSA) is 130 Å². The van der Waals surface area contributed by atoms with Gasteiger partial charge in [-0.2, -0.15) is 10.2 Å². The second-order valence-electron chi connectivity index (χ2n) is 14.2. The van der Waals surface area contributed by atoms with Crippen molar-refractivity contribution < 1.29 is 13.5 Å². The zero-order valence-corrected chi connectivity index (χ0v) is 30.5. The molecule has 13 nitrogen and oxygen atoms in total. The van der Waals surface area contributed by atoms with E-state index in [0.717, 1.165) is 81.3 Å². The summed E-state index contributed by atoms with van der Waals surface area (Å²) in [6.45, 7) is 11.7. The average molecular weight is 733 g/mol. The molecule has 0 saturated heterocycles. The molecule has 0 aliphatic heterocycles. The van der Waals surface area contributed by atoms with Crippen LogP contribution in [0, 0.1) is 46.3 Å². The van der Waals surface area contributed by atoms with Crippen LogP contribution in [0.2, 0.25) is 0 Å². The van der Waals surface area contributed by atoms with Crippen LogP contribution in [0.25, 0.3) is 22.6 Å². The highest BCUT2D eigenvalue weighted by molar-refractivity contribution is 5.51. The molecule has 8 aromatic rings. The first-order chi connectivity index (χ1) is 25.5. The Hall–Kier alpha value is -5.86. The van der Waals surface area contributed by atoms with Crippen LogP contribution < -0.4 is 4.74 Å². The van der Waals surface area contributed by atoms with E-state index in [-0.39, 0.29) is 42.7 Å². The minimum absolute atomic E-state index is 0. The minimum Gasteiger partial charge on any atom is -0.493 e. The molecule has 54 heavy (non-hydrogen) atoms. The first kappa shape index (κ1) is 35.2. The molecule has 8 heterocycles. The number of aromatic nitrogens is 12. The number of ether oxygens (including phenoxy) is 1. The Kier molecular flexibility index (Phi) is 8.42. The Bertz CT molecular complexity index is 2670. The zero-order valence-electron chi connectivity index (χ0n) is 30.5. The van der Waals surface area contributed by atoms with Gasteiger partial charge in [-0.1, -0.05) is 14.4 Å². The van der Waals surface area contributed by atoms with Crippen LogP contribution in [0.15, 0.2) is 43.1 Å². The summed E-state index contributed by atoms with van der Waals surface area (Å²) in [7, 11) is 1.45. The molecule has 8 aromatic heterocycles. The van der Waals surface area contributed by atoms with Crippen LogP contribution in [0.5, 0.6) is 5.75 Å². The van der Waals surface area contributed by atoms with Gasteiger partial charge in [0.2, 0.25) is 0 Å². The summed E-state index contributed by atoms with van der Waals surface area (Å²) >= 11 is 0. The van der Waals surface area contributed by atoms with Crippen molar-refractivity contribution in [3.05, 3.63) is 112 Å². The van der Waals surface area contributed by atoms with Crippen molar-refractivity contribution in [3.8, 4) is 5.75 Å². The van der Waals surface area contributed by atoms with Gasteiger partial charge < -0.3 is 13.5 Å². The molecule has 4 unspecified atom stereocenters. The Morgan fingerprint density at radius 1 is 0.722 bits per heavy atom. The molecule has 4 atom stereocenters. The van der Waals surface area contributed by atoms with Gasteiger partial charge in [-0.15, -0.1) is 0 Å². The van der Waals surface area contributed by atoms with E-state index < -0.39 is 5.82 Å². The van der Waals surface area contributed by atoms with Gasteiger partial charge in [0.1, 0.15) is 17.1 Å². The van der Waals surface area contributed by atoms with Crippen molar-refractivity contribution in [2.45, 2.75) is 91.9 Å². The van der Waals surface area contributed by atoms with Gasteiger partial charge in [0, 0.05) is 60.2 Å². The van der Waals surface area contributed by atoms with E-state index in [1.54, 1.807) is 21.1 Å². The Morgan fingerprint density at radius 2 is 1.33 bits per heavy atom. The van der Waals surface area contributed by atoms with E-state index in [9.17, 15) is 8.78 Å². The normalized spacial score (nSPS) is 19.0. The number of halogens is 2. The molecule has 10 rings (SSSR count). The third-order valence-electron chi connectivity index (χ3n) is 10.6. The molecule has 0 radical (unpaired) electrons. The van der Waals surface area contributed by atoms with E-state index in [2.05, 4.69) is 20.2 Å². The first-order valence-corrected chi connectivity index (χ1v) is 17.8. The Labute approximate surface area is 310 Å². The summed E-state index contributed by atoms with van der Waals surface area (Å²) in [6, 6.07) is 3.46. The molecule has 0 bridgehead atoms. The number of hydrogen-bond acceptors (Lipinski definition) is 9. The Morgan fingerprint density at radius 3 is 1.93 bits per heavy atom. The summed E-state index contributed by atoms with van der Waals surface area (Å²) < 4.78 is 40.4. The summed E-state index contributed by atoms with van der Waals surface area (Å²) in [4.78, 5) is 27.6. The van der Waals surface area contributed by atoms with Crippen molar-refractivity contribution in [3.63, 3.8) is 0 Å². The number of nitrogens with zero attached hydrogens (tertiary/aromatic N) is 12. The number of rotatable bonds is 6. The SMILES string of the molecule is C.CCc1cc2nc(C3CC3c3nc4c(C)ncc(C)n4n3)cn2cc1F.COc1cc2nc(C3CC3c3nc4c(C)ncc(C)n4n3)c(C)n2cc1F. The van der Waals surface area contributed by atoms with Crippen molar-refractivity contribution in [2.75, 3.05) is 7.11 Å². The van der Waals surface area contributed by atoms with Crippen molar-refractivity contribution in [1.29, 1.82) is 0 Å². The second-order valence-corrected chi connectivity index (χ2v) is 14.2.